The molecule has 4 rings (SSSR count). The Hall–Kier alpha value is -2.74. The van der Waals surface area contributed by atoms with Crippen LogP contribution in [0.5, 0.6) is 5.75 Å². The summed E-state index contributed by atoms with van der Waals surface area (Å²) in [5, 5.41) is 13.1. The lowest BCUT2D eigenvalue weighted by Gasteiger charge is -2.30. The monoisotopic (exact) mass is 400 g/mol. The highest BCUT2D eigenvalue weighted by molar-refractivity contribution is 5.94. The van der Waals surface area contributed by atoms with Gasteiger partial charge in [0.2, 0.25) is 5.75 Å². The molecule has 1 fully saturated rings. The summed E-state index contributed by atoms with van der Waals surface area (Å²) in [6, 6.07) is 5.66. The van der Waals surface area contributed by atoms with Crippen LogP contribution in [0.1, 0.15) is 47.2 Å². The van der Waals surface area contributed by atoms with Gasteiger partial charge in [-0.15, -0.1) is 0 Å². The van der Waals surface area contributed by atoms with Crippen molar-refractivity contribution in [1.29, 1.82) is 0 Å². The summed E-state index contributed by atoms with van der Waals surface area (Å²) in [6.45, 7) is 0.660. The van der Waals surface area contributed by atoms with Crippen molar-refractivity contribution >= 4 is 5.91 Å². The molecule has 2 heterocycles. The molecule has 8 heteroatoms. The van der Waals surface area contributed by atoms with Gasteiger partial charge in [0.15, 0.2) is 5.69 Å². The molecule has 154 valence electrons. The van der Waals surface area contributed by atoms with Gasteiger partial charge in [-0.25, -0.2) is 9.37 Å². The van der Waals surface area contributed by atoms with E-state index in [1.807, 2.05) is 19.0 Å². The van der Waals surface area contributed by atoms with Gasteiger partial charge >= 0.3 is 0 Å². The lowest BCUT2D eigenvalue weighted by molar-refractivity contribution is 0.0940. The maximum Gasteiger partial charge on any atom is 0.296 e. The van der Waals surface area contributed by atoms with Crippen molar-refractivity contribution in [2.75, 3.05) is 14.1 Å². The number of nitrogens with one attached hydrogen (secondary N) is 1. The minimum Gasteiger partial charge on any atom is -0.501 e. The van der Waals surface area contributed by atoms with E-state index in [4.69, 9.17) is 0 Å². The van der Waals surface area contributed by atoms with E-state index in [9.17, 15) is 19.1 Å². The molecule has 2 N–H and O–H groups in total. The summed E-state index contributed by atoms with van der Waals surface area (Å²) < 4.78 is 14.6. The summed E-state index contributed by atoms with van der Waals surface area (Å²) >= 11 is 0. The van der Waals surface area contributed by atoms with Crippen LogP contribution in [0.2, 0.25) is 0 Å². The zero-order valence-electron chi connectivity index (χ0n) is 16.6. The summed E-state index contributed by atoms with van der Waals surface area (Å²) in [7, 11) is 3.89. The molecule has 3 unspecified atom stereocenters. The van der Waals surface area contributed by atoms with Gasteiger partial charge in [0.05, 0.1) is 6.04 Å². The first-order valence-electron chi connectivity index (χ1n) is 9.88. The first-order valence-corrected chi connectivity index (χ1v) is 9.88. The number of hydrogen-bond donors (Lipinski definition) is 2. The summed E-state index contributed by atoms with van der Waals surface area (Å²) in [5.74, 6) is -0.310. The molecular formula is C21H25FN4O3. The van der Waals surface area contributed by atoms with Crippen LogP contribution in [0.3, 0.4) is 0 Å². The van der Waals surface area contributed by atoms with E-state index in [0.717, 1.165) is 19.3 Å². The third kappa shape index (κ3) is 3.64. The molecule has 2 aliphatic rings. The molecule has 2 bridgehead atoms. The molecule has 1 amide bonds. The van der Waals surface area contributed by atoms with Crippen LogP contribution in [-0.4, -0.2) is 39.6 Å². The summed E-state index contributed by atoms with van der Waals surface area (Å²) in [5.41, 5.74) is -0.122. The molecule has 1 aromatic carbocycles. The van der Waals surface area contributed by atoms with Crippen molar-refractivity contribution in [1.82, 2.24) is 19.8 Å². The lowest BCUT2D eigenvalue weighted by Crippen LogP contribution is -2.36. The van der Waals surface area contributed by atoms with Crippen LogP contribution in [0.25, 0.3) is 0 Å². The molecule has 2 aromatic rings. The van der Waals surface area contributed by atoms with Crippen LogP contribution in [0.15, 0.2) is 29.1 Å². The molecule has 3 atom stereocenters. The lowest BCUT2D eigenvalue weighted by atomic mass is 9.96. The topological polar surface area (TPSA) is 87.5 Å². The smallest absolute Gasteiger partial charge is 0.296 e. The maximum atomic E-state index is 13.0. The van der Waals surface area contributed by atoms with Gasteiger partial charge in [-0.3, -0.25) is 19.1 Å². The highest BCUT2D eigenvalue weighted by Gasteiger charge is 2.40. The Balaban J connectivity index is 1.67. The third-order valence-corrected chi connectivity index (χ3v) is 6.05. The fourth-order valence-electron chi connectivity index (χ4n) is 4.68. The molecule has 0 saturated heterocycles. The number of aromatic nitrogens is 2. The quantitative estimate of drug-likeness (QED) is 0.820. The Morgan fingerprint density at radius 3 is 2.72 bits per heavy atom. The van der Waals surface area contributed by atoms with Crippen LogP contribution >= 0.6 is 0 Å². The normalized spacial score (nSPS) is 23.0. The van der Waals surface area contributed by atoms with Crippen molar-refractivity contribution in [3.8, 4) is 5.75 Å². The van der Waals surface area contributed by atoms with Crippen LogP contribution < -0.4 is 10.9 Å². The molecule has 29 heavy (non-hydrogen) atoms. The van der Waals surface area contributed by atoms with Crippen LogP contribution in [0, 0.1) is 17.7 Å². The minimum atomic E-state index is -0.626. The predicted molar refractivity (Wildman–Crippen MR) is 105 cm³/mol. The largest absolute Gasteiger partial charge is 0.501 e. The van der Waals surface area contributed by atoms with Gasteiger partial charge in [0, 0.05) is 13.1 Å². The fourth-order valence-corrected chi connectivity index (χ4v) is 4.68. The van der Waals surface area contributed by atoms with Crippen molar-refractivity contribution in [3.05, 3.63) is 57.5 Å². The molecule has 1 saturated carbocycles. The Bertz CT molecular complexity index is 987. The molecule has 1 aliphatic carbocycles. The van der Waals surface area contributed by atoms with Gasteiger partial charge in [-0.2, -0.15) is 0 Å². The van der Waals surface area contributed by atoms with Crippen LogP contribution in [-0.2, 0) is 13.1 Å². The highest BCUT2D eigenvalue weighted by Crippen LogP contribution is 2.44. The van der Waals surface area contributed by atoms with Crippen molar-refractivity contribution in [2.24, 2.45) is 11.8 Å². The van der Waals surface area contributed by atoms with Crippen molar-refractivity contribution in [2.45, 2.75) is 38.4 Å². The second-order valence-electron chi connectivity index (χ2n) is 8.24. The van der Waals surface area contributed by atoms with Crippen molar-refractivity contribution in [3.63, 3.8) is 0 Å². The standard InChI is InChI=1S/C21H25FN4O3/c1-25(2)17-14-6-3-13(9-14)11-26-19(17)24-16(18(27)21(26)29)20(28)23-10-12-4-7-15(22)8-5-12/h4-5,7-8,13-14,17,27H,3,6,9-11H2,1-2H3,(H,23,28). The Morgan fingerprint density at radius 2 is 2.03 bits per heavy atom. The fraction of sp³-hybridized carbons (Fsp3) is 0.476. The molecule has 7 nitrogen and oxygen atoms in total. The van der Waals surface area contributed by atoms with E-state index in [2.05, 4.69) is 10.3 Å². The number of rotatable bonds is 4. The number of hydrogen-bond acceptors (Lipinski definition) is 5. The maximum absolute atomic E-state index is 13.0. The number of nitrogens with zero attached hydrogens (tertiary/aromatic N) is 3. The Labute approximate surface area is 168 Å². The zero-order valence-corrected chi connectivity index (χ0v) is 16.6. The second kappa shape index (κ2) is 7.59. The number of aromatic hydroxyl groups is 1. The summed E-state index contributed by atoms with van der Waals surface area (Å²) in [6.07, 6.45) is 3.14. The van der Waals surface area contributed by atoms with Gasteiger partial charge in [0.25, 0.3) is 11.5 Å². The first kappa shape index (κ1) is 19.6. The van der Waals surface area contributed by atoms with Gasteiger partial charge in [-0.1, -0.05) is 12.1 Å². The minimum absolute atomic E-state index is 0.0838. The second-order valence-corrected chi connectivity index (χ2v) is 8.24. The van der Waals surface area contributed by atoms with Gasteiger partial charge < -0.3 is 10.4 Å². The van der Waals surface area contributed by atoms with E-state index in [-0.39, 0.29) is 24.1 Å². The number of amides is 1. The van der Waals surface area contributed by atoms with Crippen molar-refractivity contribution < 1.29 is 14.3 Å². The molecule has 1 aliphatic heterocycles. The number of carbonyl (C=O) groups is 1. The molecule has 1 aromatic heterocycles. The van der Waals surface area contributed by atoms with Crippen LogP contribution in [0.4, 0.5) is 4.39 Å². The van der Waals surface area contributed by atoms with E-state index in [1.54, 1.807) is 16.7 Å². The SMILES string of the molecule is CN(C)C1c2nc(C(=O)NCc3ccc(F)cc3)c(O)c(=O)n2CC2CCC1C2. The third-order valence-electron chi connectivity index (χ3n) is 6.05. The molecular weight excluding hydrogens is 375 g/mol. The average molecular weight is 400 g/mol. The van der Waals surface area contributed by atoms with Gasteiger partial charge in [-0.05, 0) is 62.9 Å². The number of benzene rings is 1. The van der Waals surface area contributed by atoms with E-state index in [0.29, 0.717) is 29.8 Å². The first-order chi connectivity index (χ1) is 13.8. The van der Waals surface area contributed by atoms with E-state index >= 15 is 0 Å². The number of fused-ring (bicyclic) bond motifs is 3. The molecule has 0 radical (unpaired) electrons. The van der Waals surface area contributed by atoms with Gasteiger partial charge in [0.1, 0.15) is 11.6 Å². The number of halogens is 1. The Morgan fingerprint density at radius 1 is 1.31 bits per heavy atom. The number of carbonyl (C=O) groups excluding carboxylic acids is 1. The predicted octanol–water partition coefficient (Wildman–Crippen LogP) is 2.05. The average Bonchev–Trinajstić information content (AvgIpc) is 3.06. The molecule has 0 spiro atoms. The Kier molecular flexibility index (Phi) is 5.12. The zero-order chi connectivity index (χ0) is 20.7. The van der Waals surface area contributed by atoms with E-state index < -0.39 is 17.2 Å². The summed E-state index contributed by atoms with van der Waals surface area (Å²) in [4.78, 5) is 32.1. The van der Waals surface area contributed by atoms with E-state index in [1.165, 1.54) is 12.1 Å². The highest BCUT2D eigenvalue weighted by atomic mass is 19.1.